The van der Waals surface area contributed by atoms with E-state index in [4.69, 9.17) is 8.53 Å². The molecule has 1 unspecified atom stereocenters. The number of benzene rings is 2. The number of rotatable bonds is 3. The minimum atomic E-state index is -1.23. The van der Waals surface area contributed by atoms with Gasteiger partial charge in [-0.15, -0.1) is 0 Å². The standard InChI is InChI=1S/C18H13Br2FO3/c1-8-13(19)5-10(6-14(8)20)17(23)16-12-7-11(21)3-4-15(12)24-18(16)9(2)22/h3-7,9,22H,1-2H3/i3D,4D,7D. The molecule has 0 amide bonds. The van der Waals surface area contributed by atoms with E-state index in [1.165, 1.54) is 6.92 Å². The van der Waals surface area contributed by atoms with Gasteiger partial charge in [-0.25, -0.2) is 4.39 Å². The zero-order chi connectivity index (χ0) is 20.2. The second-order valence-electron chi connectivity index (χ2n) is 5.30. The number of aliphatic hydroxyl groups excluding tert-OH is 1. The molecule has 1 atom stereocenters. The Morgan fingerprint density at radius 1 is 1.33 bits per heavy atom. The van der Waals surface area contributed by atoms with Gasteiger partial charge in [0.25, 0.3) is 0 Å². The lowest BCUT2D eigenvalue weighted by Crippen LogP contribution is -2.06. The largest absolute Gasteiger partial charge is 0.458 e. The molecule has 0 radical (unpaired) electrons. The molecule has 3 nitrogen and oxygen atoms in total. The summed E-state index contributed by atoms with van der Waals surface area (Å²) in [6, 6.07) is 1.07. The third-order valence-corrected chi connectivity index (χ3v) is 5.25. The average Bonchev–Trinajstić information content (AvgIpc) is 3.02. The van der Waals surface area contributed by atoms with Gasteiger partial charge in [0.15, 0.2) is 5.78 Å². The highest BCUT2D eigenvalue weighted by molar-refractivity contribution is 9.11. The summed E-state index contributed by atoms with van der Waals surface area (Å²) in [6.45, 7) is 3.21. The number of ketones is 1. The van der Waals surface area contributed by atoms with E-state index in [2.05, 4.69) is 31.9 Å². The van der Waals surface area contributed by atoms with Gasteiger partial charge >= 0.3 is 0 Å². The molecule has 0 aliphatic heterocycles. The molecule has 24 heavy (non-hydrogen) atoms. The van der Waals surface area contributed by atoms with E-state index >= 15 is 0 Å². The maximum Gasteiger partial charge on any atom is 0.197 e. The molecule has 6 heteroatoms. The molecule has 0 fully saturated rings. The van der Waals surface area contributed by atoms with Crippen molar-refractivity contribution in [2.24, 2.45) is 0 Å². The van der Waals surface area contributed by atoms with Crippen molar-refractivity contribution in [3.63, 3.8) is 0 Å². The van der Waals surface area contributed by atoms with Gasteiger partial charge in [0.1, 0.15) is 23.3 Å². The summed E-state index contributed by atoms with van der Waals surface area (Å²) in [7, 11) is 0. The predicted molar refractivity (Wildman–Crippen MR) is 96.8 cm³/mol. The molecule has 0 saturated heterocycles. The average molecular weight is 459 g/mol. The van der Waals surface area contributed by atoms with Crippen LogP contribution in [0.4, 0.5) is 4.39 Å². The number of carbonyl (C=O) groups is 1. The van der Waals surface area contributed by atoms with Gasteiger partial charge in [-0.1, -0.05) is 31.9 Å². The normalized spacial score (nSPS) is 14.3. The van der Waals surface area contributed by atoms with Crippen LogP contribution in [0.25, 0.3) is 11.0 Å². The number of aliphatic hydroxyl groups is 1. The zero-order valence-corrected chi connectivity index (χ0v) is 15.8. The first-order valence-electron chi connectivity index (χ1n) is 8.46. The summed E-state index contributed by atoms with van der Waals surface area (Å²) in [5.41, 5.74) is 0.653. The molecule has 1 aromatic heterocycles. The lowest BCUT2D eigenvalue weighted by molar-refractivity contribution is 0.102. The Labute approximate surface area is 158 Å². The maximum atomic E-state index is 14.2. The van der Waals surface area contributed by atoms with Gasteiger partial charge in [-0.3, -0.25) is 4.79 Å². The molecule has 0 bridgehead atoms. The first-order chi connectivity index (χ1) is 12.6. The van der Waals surface area contributed by atoms with Crippen molar-refractivity contribution in [1.29, 1.82) is 0 Å². The van der Waals surface area contributed by atoms with E-state index in [0.29, 0.717) is 8.95 Å². The Balaban J connectivity index is 2.40. The number of hydrogen-bond donors (Lipinski definition) is 1. The Morgan fingerprint density at radius 2 is 1.96 bits per heavy atom. The van der Waals surface area contributed by atoms with E-state index in [0.717, 1.165) is 5.56 Å². The molecule has 0 spiro atoms. The highest BCUT2D eigenvalue weighted by atomic mass is 79.9. The van der Waals surface area contributed by atoms with Crippen molar-refractivity contribution in [3.05, 3.63) is 67.5 Å². The van der Waals surface area contributed by atoms with Crippen molar-refractivity contribution in [1.82, 2.24) is 0 Å². The quantitative estimate of drug-likeness (QED) is 0.513. The van der Waals surface area contributed by atoms with Crippen LogP contribution in [0.2, 0.25) is 0 Å². The van der Waals surface area contributed by atoms with Crippen molar-refractivity contribution in [2.45, 2.75) is 20.0 Å². The number of hydrogen-bond acceptors (Lipinski definition) is 3. The van der Waals surface area contributed by atoms with E-state index < -0.39 is 35.8 Å². The third kappa shape index (κ3) is 2.94. The summed E-state index contributed by atoms with van der Waals surface area (Å²) in [6.07, 6.45) is -1.23. The Morgan fingerprint density at radius 3 is 2.54 bits per heavy atom. The first-order valence-corrected chi connectivity index (χ1v) is 8.54. The van der Waals surface area contributed by atoms with Crippen LogP contribution in [-0.2, 0) is 0 Å². The Bertz CT molecular complexity index is 1090. The maximum absolute atomic E-state index is 14.2. The molecule has 3 aromatic rings. The fourth-order valence-electron chi connectivity index (χ4n) is 2.35. The zero-order valence-electron chi connectivity index (χ0n) is 15.6. The van der Waals surface area contributed by atoms with E-state index in [-0.39, 0.29) is 27.9 Å². The summed E-state index contributed by atoms with van der Waals surface area (Å²) in [5.74, 6) is -1.98. The molecular weight excluding hydrogens is 443 g/mol. The van der Waals surface area contributed by atoms with Crippen molar-refractivity contribution in [3.8, 4) is 0 Å². The minimum absolute atomic E-state index is 0.171. The van der Waals surface area contributed by atoms with Gasteiger partial charge in [0.05, 0.1) is 9.68 Å². The monoisotopic (exact) mass is 457 g/mol. The SMILES string of the molecule is [2H]c1c(F)c([2H])c2c(C(=O)c3cc(Br)c(C)c(Br)c3)c(C(C)O)oc2c1[2H]. The van der Waals surface area contributed by atoms with E-state index in [1.54, 1.807) is 12.1 Å². The Kier molecular flexibility index (Phi) is 3.68. The van der Waals surface area contributed by atoms with Crippen molar-refractivity contribution < 1.29 is 22.8 Å². The number of carbonyl (C=O) groups excluding carboxylic acids is 1. The van der Waals surface area contributed by atoms with Crippen LogP contribution < -0.4 is 0 Å². The lowest BCUT2D eigenvalue weighted by atomic mass is 9.98. The lowest BCUT2D eigenvalue weighted by Gasteiger charge is -2.08. The molecule has 0 aliphatic carbocycles. The Hall–Kier alpha value is -1.50. The van der Waals surface area contributed by atoms with Crippen LogP contribution in [0.15, 0.2) is 43.6 Å². The topological polar surface area (TPSA) is 50.4 Å². The van der Waals surface area contributed by atoms with Crippen LogP contribution in [-0.4, -0.2) is 10.9 Å². The van der Waals surface area contributed by atoms with Crippen LogP contribution in [0.5, 0.6) is 0 Å². The first kappa shape index (κ1) is 13.8. The van der Waals surface area contributed by atoms with Gasteiger partial charge in [-0.05, 0) is 49.7 Å². The van der Waals surface area contributed by atoms with Gasteiger partial charge in [-0.2, -0.15) is 0 Å². The van der Waals surface area contributed by atoms with Crippen LogP contribution in [0, 0.1) is 12.7 Å². The van der Waals surface area contributed by atoms with Crippen molar-refractivity contribution >= 4 is 48.6 Å². The van der Waals surface area contributed by atoms with E-state index in [1.807, 2.05) is 6.92 Å². The molecule has 1 heterocycles. The number of fused-ring (bicyclic) bond motifs is 1. The van der Waals surface area contributed by atoms with Gasteiger partial charge < -0.3 is 9.52 Å². The second kappa shape index (κ2) is 6.43. The molecule has 2 aromatic carbocycles. The fraction of sp³-hybridized carbons (Fsp3) is 0.167. The van der Waals surface area contributed by atoms with Crippen LogP contribution in [0.1, 0.15) is 44.4 Å². The molecule has 124 valence electrons. The second-order valence-corrected chi connectivity index (χ2v) is 7.01. The van der Waals surface area contributed by atoms with E-state index in [9.17, 15) is 14.3 Å². The fourth-order valence-corrected chi connectivity index (χ4v) is 3.54. The number of halogens is 3. The molecular formula is C18H13Br2FO3. The van der Waals surface area contributed by atoms with Gasteiger partial charge in [0, 0.05) is 19.9 Å². The predicted octanol–water partition coefficient (Wildman–Crippen LogP) is 5.69. The summed E-state index contributed by atoms with van der Waals surface area (Å²) in [5, 5.41) is 9.83. The summed E-state index contributed by atoms with van der Waals surface area (Å²) in [4.78, 5) is 13.2. The highest BCUT2D eigenvalue weighted by Gasteiger charge is 2.25. The van der Waals surface area contributed by atoms with Crippen LogP contribution >= 0.6 is 31.9 Å². The molecule has 0 aliphatic rings. The van der Waals surface area contributed by atoms with Gasteiger partial charge in [0.2, 0.25) is 0 Å². The summed E-state index contributed by atoms with van der Waals surface area (Å²) < 4.78 is 44.5. The number of furan rings is 1. The van der Waals surface area contributed by atoms with Crippen LogP contribution in [0.3, 0.4) is 0 Å². The molecule has 3 rings (SSSR count). The minimum Gasteiger partial charge on any atom is -0.458 e. The smallest absolute Gasteiger partial charge is 0.197 e. The highest BCUT2D eigenvalue weighted by Crippen LogP contribution is 2.34. The third-order valence-electron chi connectivity index (χ3n) is 3.61. The summed E-state index contributed by atoms with van der Waals surface area (Å²) >= 11 is 6.73. The molecule has 1 N–H and O–H groups in total. The molecule has 0 saturated carbocycles. The van der Waals surface area contributed by atoms with Crippen molar-refractivity contribution in [2.75, 3.05) is 0 Å².